The van der Waals surface area contributed by atoms with Crippen molar-refractivity contribution in [3.8, 4) is 11.5 Å². The number of nitrogens with one attached hydrogen (secondary N) is 2. The van der Waals surface area contributed by atoms with E-state index in [9.17, 15) is 9.59 Å². The van der Waals surface area contributed by atoms with Crippen LogP contribution < -0.4 is 20.1 Å². The van der Waals surface area contributed by atoms with Crippen molar-refractivity contribution < 1.29 is 23.8 Å². The maximum absolute atomic E-state index is 13.6. The standard InChI is InChI=1S/C27H30N6O5/c1-17-6-4-5-7-20(17)31-26(35)24-18(2)30-27-28-16-29-33(27)25(24)19-8-9-21(22(14-19)36-3)38-15-23(34)32-10-12-37-13-11-32/h4-9,14,16,25H,10-13,15H2,1-3H3,(H,31,35)(H,28,29,30). The van der Waals surface area contributed by atoms with Crippen LogP contribution in [0.15, 0.2) is 60.1 Å². The first-order valence-electron chi connectivity index (χ1n) is 12.4. The van der Waals surface area contributed by atoms with E-state index < -0.39 is 6.04 Å². The van der Waals surface area contributed by atoms with Crippen LogP contribution in [-0.2, 0) is 14.3 Å². The lowest BCUT2D eigenvalue weighted by atomic mass is 9.94. The number of benzene rings is 2. The second-order valence-electron chi connectivity index (χ2n) is 9.06. The van der Waals surface area contributed by atoms with E-state index in [1.165, 1.54) is 13.4 Å². The van der Waals surface area contributed by atoms with Crippen molar-refractivity contribution in [2.24, 2.45) is 0 Å². The first kappa shape index (κ1) is 25.3. The Morgan fingerprint density at radius 3 is 2.68 bits per heavy atom. The van der Waals surface area contributed by atoms with E-state index in [4.69, 9.17) is 14.2 Å². The molecule has 11 nitrogen and oxygen atoms in total. The highest BCUT2D eigenvalue weighted by Crippen LogP contribution is 2.39. The lowest BCUT2D eigenvalue weighted by molar-refractivity contribution is -0.137. The smallest absolute Gasteiger partial charge is 0.260 e. The second-order valence-corrected chi connectivity index (χ2v) is 9.06. The van der Waals surface area contributed by atoms with E-state index in [0.717, 1.165) is 16.8 Å². The van der Waals surface area contributed by atoms with E-state index in [-0.39, 0.29) is 18.4 Å². The van der Waals surface area contributed by atoms with Gasteiger partial charge in [0.25, 0.3) is 11.8 Å². The zero-order valence-corrected chi connectivity index (χ0v) is 21.6. The third-order valence-corrected chi connectivity index (χ3v) is 6.65. The summed E-state index contributed by atoms with van der Waals surface area (Å²) in [7, 11) is 1.53. The summed E-state index contributed by atoms with van der Waals surface area (Å²) in [5.41, 5.74) is 3.58. The van der Waals surface area contributed by atoms with Crippen molar-refractivity contribution in [3.63, 3.8) is 0 Å². The SMILES string of the molecule is COc1cc(C2C(C(=O)Nc3ccccc3C)=C(C)Nc3ncnn32)ccc1OCC(=O)N1CCOCC1. The molecule has 0 saturated carbocycles. The molecular formula is C27H30N6O5. The van der Waals surface area contributed by atoms with Gasteiger partial charge in [-0.1, -0.05) is 24.3 Å². The molecular weight excluding hydrogens is 488 g/mol. The van der Waals surface area contributed by atoms with Gasteiger partial charge in [-0.25, -0.2) is 4.68 Å². The van der Waals surface area contributed by atoms with Gasteiger partial charge in [0, 0.05) is 24.5 Å². The van der Waals surface area contributed by atoms with E-state index in [0.29, 0.717) is 55.0 Å². The van der Waals surface area contributed by atoms with E-state index in [1.54, 1.807) is 21.7 Å². The number of para-hydroxylation sites is 1. The molecule has 1 saturated heterocycles. The maximum atomic E-state index is 13.6. The number of aromatic nitrogens is 3. The van der Waals surface area contributed by atoms with Crippen LogP contribution in [0.25, 0.3) is 0 Å². The number of hydrogen-bond donors (Lipinski definition) is 2. The average Bonchev–Trinajstić information content (AvgIpc) is 3.40. The number of ether oxygens (including phenoxy) is 3. The lowest BCUT2D eigenvalue weighted by Crippen LogP contribution is -2.43. The molecule has 1 aromatic heterocycles. The zero-order valence-electron chi connectivity index (χ0n) is 21.6. The number of carbonyl (C=O) groups excluding carboxylic acids is 2. The van der Waals surface area contributed by atoms with Gasteiger partial charge in [0.1, 0.15) is 12.4 Å². The van der Waals surface area contributed by atoms with Crippen molar-refractivity contribution in [3.05, 3.63) is 71.2 Å². The zero-order chi connectivity index (χ0) is 26.6. The number of allylic oxidation sites excluding steroid dienone is 1. The molecule has 3 heterocycles. The van der Waals surface area contributed by atoms with Gasteiger partial charge in [0.05, 0.1) is 25.9 Å². The van der Waals surface area contributed by atoms with Gasteiger partial charge >= 0.3 is 0 Å². The third-order valence-electron chi connectivity index (χ3n) is 6.65. The molecule has 38 heavy (non-hydrogen) atoms. The minimum Gasteiger partial charge on any atom is -0.493 e. The van der Waals surface area contributed by atoms with Gasteiger partial charge < -0.3 is 29.7 Å². The summed E-state index contributed by atoms with van der Waals surface area (Å²) in [6.07, 6.45) is 1.44. The molecule has 0 aliphatic carbocycles. The number of carbonyl (C=O) groups is 2. The molecule has 2 aliphatic rings. The number of hydrogen-bond acceptors (Lipinski definition) is 8. The minimum absolute atomic E-state index is 0.112. The number of methoxy groups -OCH3 is 1. The minimum atomic E-state index is -0.573. The molecule has 2 N–H and O–H groups in total. The summed E-state index contributed by atoms with van der Waals surface area (Å²) in [5.74, 6) is 1.02. The molecule has 11 heteroatoms. The van der Waals surface area contributed by atoms with Crippen LogP contribution in [0, 0.1) is 6.92 Å². The number of rotatable bonds is 7. The van der Waals surface area contributed by atoms with Crippen molar-refractivity contribution in [2.75, 3.05) is 50.7 Å². The Bertz CT molecular complexity index is 1380. The fraction of sp³-hybridized carbons (Fsp3) is 0.333. The number of nitrogens with zero attached hydrogens (tertiary/aromatic N) is 4. The molecule has 2 aromatic carbocycles. The van der Waals surface area contributed by atoms with E-state index in [1.807, 2.05) is 44.2 Å². The second kappa shape index (κ2) is 10.9. The summed E-state index contributed by atoms with van der Waals surface area (Å²) in [6, 6.07) is 12.4. The molecule has 2 aliphatic heterocycles. The fourth-order valence-electron chi connectivity index (χ4n) is 4.61. The molecule has 0 bridgehead atoms. The van der Waals surface area contributed by atoms with Crippen molar-refractivity contribution in [2.45, 2.75) is 19.9 Å². The van der Waals surface area contributed by atoms with Gasteiger partial charge in [-0.2, -0.15) is 10.1 Å². The molecule has 198 valence electrons. The normalized spacial score (nSPS) is 16.9. The Morgan fingerprint density at radius 1 is 1.13 bits per heavy atom. The van der Waals surface area contributed by atoms with Crippen molar-refractivity contribution in [1.82, 2.24) is 19.7 Å². The predicted octanol–water partition coefficient (Wildman–Crippen LogP) is 2.76. The van der Waals surface area contributed by atoms with Gasteiger partial charge in [-0.05, 0) is 43.2 Å². The number of anilines is 2. The molecule has 1 unspecified atom stereocenters. The predicted molar refractivity (Wildman–Crippen MR) is 140 cm³/mol. The Kier molecular flexibility index (Phi) is 7.27. The Labute approximate surface area is 220 Å². The van der Waals surface area contributed by atoms with Gasteiger partial charge in [0.2, 0.25) is 5.95 Å². The highest BCUT2D eigenvalue weighted by molar-refractivity contribution is 6.06. The van der Waals surface area contributed by atoms with E-state index in [2.05, 4.69) is 20.7 Å². The highest BCUT2D eigenvalue weighted by atomic mass is 16.5. The van der Waals surface area contributed by atoms with Crippen LogP contribution in [0.4, 0.5) is 11.6 Å². The summed E-state index contributed by atoms with van der Waals surface area (Å²) in [5, 5.41) is 10.6. The summed E-state index contributed by atoms with van der Waals surface area (Å²) < 4.78 is 18.4. The van der Waals surface area contributed by atoms with Crippen molar-refractivity contribution >= 4 is 23.5 Å². The number of amides is 2. The number of morpholine rings is 1. The number of fused-ring (bicyclic) bond motifs is 1. The first-order chi connectivity index (χ1) is 18.5. The van der Waals surface area contributed by atoms with Crippen LogP contribution in [0.1, 0.15) is 24.1 Å². The maximum Gasteiger partial charge on any atom is 0.260 e. The molecule has 1 atom stereocenters. The first-order valence-corrected chi connectivity index (χ1v) is 12.4. The van der Waals surface area contributed by atoms with Crippen LogP contribution >= 0.6 is 0 Å². The average molecular weight is 519 g/mol. The van der Waals surface area contributed by atoms with E-state index >= 15 is 0 Å². The van der Waals surface area contributed by atoms with Gasteiger partial charge in [-0.3, -0.25) is 9.59 Å². The Hall–Kier alpha value is -4.38. The molecule has 0 radical (unpaired) electrons. The molecule has 3 aromatic rings. The van der Waals surface area contributed by atoms with Crippen LogP contribution in [0.2, 0.25) is 0 Å². The molecule has 5 rings (SSSR count). The quantitative estimate of drug-likeness (QED) is 0.490. The Morgan fingerprint density at radius 2 is 1.92 bits per heavy atom. The molecule has 1 fully saturated rings. The van der Waals surface area contributed by atoms with Gasteiger partial charge in [-0.15, -0.1) is 0 Å². The monoisotopic (exact) mass is 518 g/mol. The Balaban J connectivity index is 1.43. The lowest BCUT2D eigenvalue weighted by Gasteiger charge is -2.29. The van der Waals surface area contributed by atoms with Crippen molar-refractivity contribution in [1.29, 1.82) is 0 Å². The molecule has 2 amide bonds. The van der Waals surface area contributed by atoms with Crippen LogP contribution in [-0.4, -0.2) is 71.5 Å². The topological polar surface area (TPSA) is 120 Å². The highest BCUT2D eigenvalue weighted by Gasteiger charge is 2.34. The number of aryl methyl sites for hydroxylation is 1. The summed E-state index contributed by atoms with van der Waals surface area (Å²) >= 11 is 0. The van der Waals surface area contributed by atoms with Gasteiger partial charge in [0.15, 0.2) is 18.1 Å². The van der Waals surface area contributed by atoms with Crippen LogP contribution in [0.5, 0.6) is 11.5 Å². The summed E-state index contributed by atoms with van der Waals surface area (Å²) in [6.45, 7) is 5.81. The largest absolute Gasteiger partial charge is 0.493 e. The summed E-state index contributed by atoms with van der Waals surface area (Å²) in [4.78, 5) is 32.2. The third kappa shape index (κ3) is 5.05. The molecule has 0 spiro atoms. The fourth-order valence-corrected chi connectivity index (χ4v) is 4.61. The van der Waals surface area contributed by atoms with Crippen LogP contribution in [0.3, 0.4) is 0 Å².